The van der Waals surface area contributed by atoms with Gasteiger partial charge >= 0.3 is 0 Å². The Bertz CT molecular complexity index is 668. The lowest BCUT2D eigenvalue weighted by Crippen LogP contribution is -1.86. The van der Waals surface area contributed by atoms with Crippen LogP contribution in [0.5, 0.6) is 0 Å². The predicted octanol–water partition coefficient (Wildman–Crippen LogP) is 3.68. The molecule has 6 heteroatoms. The maximum absolute atomic E-state index is 10.6. The minimum Gasteiger partial charge on any atom is -0.395 e. The number of benzene rings is 1. The van der Waals surface area contributed by atoms with Crippen LogP contribution in [0, 0.1) is 22.0 Å². The first-order valence-electron chi connectivity index (χ1n) is 6.25. The van der Waals surface area contributed by atoms with Crippen LogP contribution in [0.15, 0.2) is 41.3 Å². The molecular weight excluding hydrogens is 306 g/mol. The fraction of sp³-hybridized carbons (Fsp3) is 0.200. The summed E-state index contributed by atoms with van der Waals surface area (Å²) in [5, 5.41) is 19.2. The molecule has 21 heavy (non-hydrogen) atoms. The molecule has 2 rings (SSSR count). The van der Waals surface area contributed by atoms with Crippen LogP contribution in [0.3, 0.4) is 0 Å². The highest BCUT2D eigenvalue weighted by molar-refractivity contribution is 7.98. The average molecular weight is 319 g/mol. The van der Waals surface area contributed by atoms with Crippen molar-refractivity contribution < 1.29 is 10.0 Å². The van der Waals surface area contributed by atoms with Crippen molar-refractivity contribution in [2.45, 2.75) is 17.1 Å². The number of aliphatic hydroxyl groups excluding tert-OH is 1. The molecule has 0 spiro atoms. The second-order valence-corrected chi connectivity index (χ2v) is 6.30. The van der Waals surface area contributed by atoms with E-state index in [1.807, 2.05) is 12.1 Å². The summed E-state index contributed by atoms with van der Waals surface area (Å²) in [4.78, 5) is 13.4. The molecule has 0 radical (unpaired) electrons. The van der Waals surface area contributed by atoms with E-state index < -0.39 is 4.92 Å². The molecule has 0 amide bonds. The van der Waals surface area contributed by atoms with Gasteiger partial charge in [-0.2, -0.15) is 0 Å². The molecule has 1 aromatic heterocycles. The Hall–Kier alpha value is -1.81. The zero-order valence-corrected chi connectivity index (χ0v) is 12.7. The number of aliphatic hydroxyl groups is 1. The van der Waals surface area contributed by atoms with Crippen LogP contribution in [-0.4, -0.2) is 16.6 Å². The van der Waals surface area contributed by atoms with Crippen molar-refractivity contribution in [3.8, 4) is 11.8 Å². The molecule has 0 atom stereocenters. The van der Waals surface area contributed by atoms with E-state index in [2.05, 4.69) is 11.8 Å². The molecule has 0 saturated carbocycles. The van der Waals surface area contributed by atoms with Crippen molar-refractivity contribution in [2.75, 3.05) is 6.61 Å². The second-order valence-electron chi connectivity index (χ2n) is 4.08. The fourth-order valence-corrected chi connectivity index (χ4v) is 3.37. The van der Waals surface area contributed by atoms with E-state index in [0.717, 1.165) is 15.5 Å². The lowest BCUT2D eigenvalue weighted by molar-refractivity contribution is -0.384. The zero-order chi connectivity index (χ0) is 15.1. The number of thiophene rings is 1. The molecule has 1 heterocycles. The first kappa shape index (κ1) is 15.6. The van der Waals surface area contributed by atoms with E-state index in [-0.39, 0.29) is 12.3 Å². The third-order valence-corrected chi connectivity index (χ3v) is 4.78. The van der Waals surface area contributed by atoms with E-state index in [1.165, 1.54) is 17.0 Å². The highest BCUT2D eigenvalue weighted by atomic mass is 32.2. The summed E-state index contributed by atoms with van der Waals surface area (Å²) in [6.45, 7) is 0.0846. The molecule has 0 aliphatic rings. The standard InChI is InChI=1S/C15H13NO3S2/c17-10-2-1-3-14-8-9-15(21-14)11-20-13-6-4-12(5-7-13)16(18)19/h4-9,17H,2,10-11H2. The Morgan fingerprint density at radius 2 is 2.00 bits per heavy atom. The van der Waals surface area contributed by atoms with E-state index in [4.69, 9.17) is 5.11 Å². The number of non-ortho nitro benzene ring substituents is 1. The number of nitrogens with zero attached hydrogens (tertiary/aromatic N) is 1. The van der Waals surface area contributed by atoms with Crippen LogP contribution in [0.4, 0.5) is 5.69 Å². The topological polar surface area (TPSA) is 63.4 Å². The largest absolute Gasteiger partial charge is 0.395 e. The third kappa shape index (κ3) is 4.90. The third-order valence-electron chi connectivity index (χ3n) is 2.54. The van der Waals surface area contributed by atoms with Gasteiger partial charge in [-0.3, -0.25) is 10.1 Å². The van der Waals surface area contributed by atoms with E-state index in [0.29, 0.717) is 6.42 Å². The molecule has 2 aromatic rings. The van der Waals surface area contributed by atoms with Crippen molar-refractivity contribution in [1.29, 1.82) is 0 Å². The van der Waals surface area contributed by atoms with Crippen LogP contribution in [-0.2, 0) is 5.75 Å². The van der Waals surface area contributed by atoms with Crippen molar-refractivity contribution in [2.24, 2.45) is 0 Å². The van der Waals surface area contributed by atoms with Gasteiger partial charge in [0.2, 0.25) is 0 Å². The number of thioether (sulfide) groups is 1. The van der Waals surface area contributed by atoms with Gasteiger partial charge in [0.25, 0.3) is 5.69 Å². The molecule has 4 nitrogen and oxygen atoms in total. The van der Waals surface area contributed by atoms with E-state index in [1.54, 1.807) is 35.2 Å². The van der Waals surface area contributed by atoms with Gasteiger partial charge in [0, 0.05) is 34.1 Å². The van der Waals surface area contributed by atoms with Crippen LogP contribution in [0.1, 0.15) is 16.2 Å². The normalized spacial score (nSPS) is 9.95. The first-order valence-corrected chi connectivity index (χ1v) is 8.05. The quantitative estimate of drug-likeness (QED) is 0.395. The molecule has 0 bridgehead atoms. The van der Waals surface area contributed by atoms with Crippen molar-refractivity contribution in [3.05, 3.63) is 56.3 Å². The Labute approximate surface area is 131 Å². The fourth-order valence-electron chi connectivity index (χ4n) is 1.55. The molecule has 0 unspecified atom stereocenters. The smallest absolute Gasteiger partial charge is 0.269 e. The lowest BCUT2D eigenvalue weighted by atomic mass is 10.3. The van der Waals surface area contributed by atoms with Crippen molar-refractivity contribution in [1.82, 2.24) is 0 Å². The first-order chi connectivity index (χ1) is 10.2. The number of nitro benzene ring substituents is 1. The summed E-state index contributed by atoms with van der Waals surface area (Å²) < 4.78 is 0. The van der Waals surface area contributed by atoms with Gasteiger partial charge in [0.15, 0.2) is 0 Å². The van der Waals surface area contributed by atoms with Gasteiger partial charge in [0.1, 0.15) is 0 Å². The molecule has 108 valence electrons. The summed E-state index contributed by atoms with van der Waals surface area (Å²) in [6.07, 6.45) is 0.491. The number of rotatable bonds is 5. The highest BCUT2D eigenvalue weighted by Crippen LogP contribution is 2.27. The second kappa shape index (κ2) is 7.84. The lowest BCUT2D eigenvalue weighted by Gasteiger charge is -1.99. The van der Waals surface area contributed by atoms with E-state index >= 15 is 0 Å². The monoisotopic (exact) mass is 319 g/mol. The van der Waals surface area contributed by atoms with E-state index in [9.17, 15) is 10.1 Å². The Morgan fingerprint density at radius 1 is 1.24 bits per heavy atom. The van der Waals surface area contributed by atoms with Crippen molar-refractivity contribution in [3.63, 3.8) is 0 Å². The summed E-state index contributed by atoms with van der Waals surface area (Å²) in [5.74, 6) is 6.71. The van der Waals surface area contributed by atoms with Crippen molar-refractivity contribution >= 4 is 28.8 Å². The van der Waals surface area contributed by atoms with Crippen LogP contribution in [0.2, 0.25) is 0 Å². The summed E-state index contributed by atoms with van der Waals surface area (Å²) in [7, 11) is 0. The summed E-state index contributed by atoms with van der Waals surface area (Å²) >= 11 is 3.26. The van der Waals surface area contributed by atoms with Gasteiger partial charge in [-0.25, -0.2) is 0 Å². The number of hydrogen-bond acceptors (Lipinski definition) is 5. The maximum atomic E-state index is 10.6. The summed E-state index contributed by atoms with van der Waals surface area (Å²) in [6, 6.07) is 10.6. The van der Waals surface area contributed by atoms with Crippen LogP contribution >= 0.6 is 23.1 Å². The predicted molar refractivity (Wildman–Crippen MR) is 85.6 cm³/mol. The molecule has 1 aromatic carbocycles. The summed E-state index contributed by atoms with van der Waals surface area (Å²) in [5.41, 5.74) is 0.108. The zero-order valence-electron chi connectivity index (χ0n) is 11.1. The van der Waals surface area contributed by atoms with Gasteiger partial charge in [-0.05, 0) is 24.3 Å². The SMILES string of the molecule is O=[N+]([O-])c1ccc(SCc2ccc(C#CCCO)s2)cc1. The molecular formula is C15H13NO3S2. The molecule has 0 aliphatic carbocycles. The van der Waals surface area contributed by atoms with Gasteiger partial charge in [-0.1, -0.05) is 11.8 Å². The van der Waals surface area contributed by atoms with Gasteiger partial charge < -0.3 is 5.11 Å². The number of hydrogen-bond donors (Lipinski definition) is 1. The Morgan fingerprint density at radius 3 is 2.67 bits per heavy atom. The maximum Gasteiger partial charge on any atom is 0.269 e. The number of nitro groups is 1. The minimum absolute atomic E-state index is 0.0846. The van der Waals surface area contributed by atoms with Gasteiger partial charge in [-0.15, -0.1) is 23.1 Å². The molecule has 0 fully saturated rings. The van der Waals surface area contributed by atoms with Gasteiger partial charge in [0.05, 0.1) is 16.4 Å². The van der Waals surface area contributed by atoms with Crippen LogP contribution in [0.25, 0.3) is 0 Å². The molecule has 1 N–H and O–H groups in total. The molecule has 0 aliphatic heterocycles. The van der Waals surface area contributed by atoms with Crippen LogP contribution < -0.4 is 0 Å². The minimum atomic E-state index is -0.398. The average Bonchev–Trinajstić information content (AvgIpc) is 2.94. The molecule has 0 saturated heterocycles. The highest BCUT2D eigenvalue weighted by Gasteiger charge is 2.05. The Balaban J connectivity index is 1.91. The Kier molecular flexibility index (Phi) is 5.81.